The molecule has 13 heavy (non-hydrogen) atoms. The number of rotatable bonds is 3. The summed E-state index contributed by atoms with van der Waals surface area (Å²) in [4.78, 5) is 10.3. The van der Waals surface area contributed by atoms with Crippen LogP contribution in [0.3, 0.4) is 0 Å². The highest BCUT2D eigenvalue weighted by Crippen LogP contribution is 2.17. The topological polar surface area (TPSA) is 37.3 Å². The summed E-state index contributed by atoms with van der Waals surface area (Å²) in [5.74, 6) is 0.474. The van der Waals surface area contributed by atoms with Crippen LogP contribution in [0, 0.1) is 0 Å². The number of carbonyl (C=O) groups excluding carboxylic acids is 1. The summed E-state index contributed by atoms with van der Waals surface area (Å²) < 4.78 is 0. The van der Waals surface area contributed by atoms with Gasteiger partial charge in [0.2, 0.25) is 0 Å². The zero-order chi connectivity index (χ0) is 9.84. The van der Waals surface area contributed by atoms with Crippen molar-refractivity contribution in [1.82, 2.24) is 0 Å². The van der Waals surface area contributed by atoms with E-state index >= 15 is 0 Å². The second-order valence-corrected chi connectivity index (χ2v) is 3.40. The zero-order valence-corrected chi connectivity index (χ0v) is 7.90. The highest BCUT2D eigenvalue weighted by atomic mass is 16.3. The van der Waals surface area contributed by atoms with E-state index in [2.05, 4.69) is 13.8 Å². The molecule has 1 N–H and O–H groups in total. The van der Waals surface area contributed by atoms with Crippen molar-refractivity contribution in [2.45, 2.75) is 25.9 Å². The smallest absolute Gasteiger partial charge is 0.153 e. The van der Waals surface area contributed by atoms with E-state index in [9.17, 15) is 9.90 Å². The summed E-state index contributed by atoms with van der Waals surface area (Å²) in [6.45, 7) is 4.20. The molecule has 0 fully saturated rings. The number of benzene rings is 1. The molecule has 0 saturated heterocycles. The van der Waals surface area contributed by atoms with Crippen molar-refractivity contribution in [2.24, 2.45) is 0 Å². The number of aldehydes is 1. The molecular formula is C11H14O2. The average molecular weight is 178 g/mol. The second-order valence-electron chi connectivity index (χ2n) is 3.40. The minimum atomic E-state index is -0.985. The van der Waals surface area contributed by atoms with Crippen molar-refractivity contribution in [1.29, 1.82) is 0 Å². The van der Waals surface area contributed by atoms with Gasteiger partial charge < -0.3 is 9.90 Å². The van der Waals surface area contributed by atoms with Crippen LogP contribution < -0.4 is 0 Å². The van der Waals surface area contributed by atoms with Crippen molar-refractivity contribution in [3.63, 3.8) is 0 Å². The molecule has 0 aliphatic heterocycles. The van der Waals surface area contributed by atoms with Gasteiger partial charge in [0.25, 0.3) is 0 Å². The van der Waals surface area contributed by atoms with Gasteiger partial charge in [0, 0.05) is 0 Å². The molecule has 0 radical (unpaired) electrons. The molecular weight excluding hydrogens is 164 g/mol. The highest BCUT2D eigenvalue weighted by molar-refractivity contribution is 5.59. The van der Waals surface area contributed by atoms with Gasteiger partial charge in [-0.15, -0.1) is 0 Å². The minimum Gasteiger partial charge on any atom is -0.381 e. The summed E-state index contributed by atoms with van der Waals surface area (Å²) in [7, 11) is 0. The van der Waals surface area contributed by atoms with Gasteiger partial charge in [-0.2, -0.15) is 0 Å². The maximum atomic E-state index is 10.3. The number of hydrogen-bond donors (Lipinski definition) is 1. The van der Waals surface area contributed by atoms with Gasteiger partial charge in [0.1, 0.15) is 6.10 Å². The standard InChI is InChI=1S/C11H14O2/c1-8(2)9-3-5-10(6-4-9)11(13)7-12/h3-8,11,13H,1-2H3. The third-order valence-corrected chi connectivity index (χ3v) is 2.07. The molecule has 1 aromatic rings. The van der Waals surface area contributed by atoms with E-state index < -0.39 is 6.10 Å². The van der Waals surface area contributed by atoms with E-state index in [1.807, 2.05) is 12.1 Å². The van der Waals surface area contributed by atoms with Gasteiger partial charge in [-0.3, -0.25) is 0 Å². The predicted molar refractivity (Wildman–Crippen MR) is 51.6 cm³/mol. The van der Waals surface area contributed by atoms with E-state index in [0.717, 1.165) is 0 Å². The molecule has 0 amide bonds. The fourth-order valence-electron chi connectivity index (χ4n) is 1.16. The molecule has 0 aliphatic carbocycles. The molecule has 1 unspecified atom stereocenters. The van der Waals surface area contributed by atoms with Crippen LogP contribution >= 0.6 is 0 Å². The van der Waals surface area contributed by atoms with Gasteiger partial charge in [-0.1, -0.05) is 38.1 Å². The SMILES string of the molecule is CC(C)c1ccc(C(O)C=O)cc1. The van der Waals surface area contributed by atoms with E-state index in [1.165, 1.54) is 5.56 Å². The van der Waals surface area contributed by atoms with Crippen LogP contribution in [0.2, 0.25) is 0 Å². The molecule has 0 aliphatic rings. The van der Waals surface area contributed by atoms with Crippen LogP contribution in [0.25, 0.3) is 0 Å². The van der Waals surface area contributed by atoms with Crippen LogP contribution in [-0.4, -0.2) is 11.4 Å². The number of hydrogen-bond acceptors (Lipinski definition) is 2. The number of aliphatic hydroxyl groups excluding tert-OH is 1. The molecule has 0 saturated carbocycles. The summed E-state index contributed by atoms with van der Waals surface area (Å²) in [5, 5.41) is 9.19. The average Bonchev–Trinajstić information content (AvgIpc) is 2.17. The quantitative estimate of drug-likeness (QED) is 0.719. The van der Waals surface area contributed by atoms with Crippen LogP contribution in [0.4, 0.5) is 0 Å². The molecule has 0 bridgehead atoms. The molecule has 2 heteroatoms. The van der Waals surface area contributed by atoms with Gasteiger partial charge in [0.15, 0.2) is 6.29 Å². The highest BCUT2D eigenvalue weighted by Gasteiger charge is 2.05. The third-order valence-electron chi connectivity index (χ3n) is 2.07. The Bertz CT molecular complexity index is 275. The van der Waals surface area contributed by atoms with Crippen molar-refractivity contribution >= 4 is 6.29 Å². The van der Waals surface area contributed by atoms with Crippen molar-refractivity contribution in [2.75, 3.05) is 0 Å². The largest absolute Gasteiger partial charge is 0.381 e. The fourth-order valence-corrected chi connectivity index (χ4v) is 1.16. The molecule has 0 spiro atoms. The molecule has 1 aromatic carbocycles. The van der Waals surface area contributed by atoms with Gasteiger partial charge >= 0.3 is 0 Å². The lowest BCUT2D eigenvalue weighted by molar-refractivity contribution is -0.115. The van der Waals surface area contributed by atoms with E-state index in [0.29, 0.717) is 17.8 Å². The lowest BCUT2D eigenvalue weighted by Gasteiger charge is -2.07. The summed E-state index contributed by atoms with van der Waals surface area (Å²) in [6, 6.07) is 7.45. The lowest BCUT2D eigenvalue weighted by Crippen LogP contribution is -1.98. The molecule has 1 rings (SSSR count). The van der Waals surface area contributed by atoms with Gasteiger partial charge in [-0.25, -0.2) is 0 Å². The molecule has 0 aromatic heterocycles. The first kappa shape index (κ1) is 9.93. The Morgan fingerprint density at radius 3 is 2.00 bits per heavy atom. The Morgan fingerprint density at radius 1 is 1.15 bits per heavy atom. The summed E-state index contributed by atoms with van der Waals surface area (Å²) >= 11 is 0. The van der Waals surface area contributed by atoms with E-state index in [4.69, 9.17) is 0 Å². The normalized spacial score (nSPS) is 12.9. The van der Waals surface area contributed by atoms with Crippen LogP contribution in [0.1, 0.15) is 37.0 Å². The van der Waals surface area contributed by atoms with Crippen molar-refractivity contribution in [3.05, 3.63) is 35.4 Å². The Kier molecular flexibility index (Phi) is 3.20. The Hall–Kier alpha value is -1.15. The van der Waals surface area contributed by atoms with Crippen LogP contribution in [-0.2, 0) is 4.79 Å². The third kappa shape index (κ3) is 2.39. The predicted octanol–water partition coefficient (Wildman–Crippen LogP) is 2.04. The van der Waals surface area contributed by atoms with Gasteiger partial charge in [-0.05, 0) is 17.0 Å². The fraction of sp³-hybridized carbons (Fsp3) is 0.364. The van der Waals surface area contributed by atoms with Crippen molar-refractivity contribution in [3.8, 4) is 0 Å². The molecule has 0 heterocycles. The Balaban J connectivity index is 2.87. The Morgan fingerprint density at radius 2 is 1.62 bits per heavy atom. The Labute approximate surface area is 78.2 Å². The number of aliphatic hydroxyl groups is 1. The minimum absolute atomic E-state index is 0.474. The summed E-state index contributed by atoms with van der Waals surface area (Å²) in [5.41, 5.74) is 1.86. The van der Waals surface area contributed by atoms with Gasteiger partial charge in [0.05, 0.1) is 0 Å². The number of carbonyl (C=O) groups is 1. The zero-order valence-electron chi connectivity index (χ0n) is 7.90. The molecule has 1 atom stereocenters. The molecule has 2 nitrogen and oxygen atoms in total. The lowest BCUT2D eigenvalue weighted by atomic mass is 10.0. The monoisotopic (exact) mass is 178 g/mol. The first-order chi connectivity index (χ1) is 6.15. The second kappa shape index (κ2) is 4.19. The van der Waals surface area contributed by atoms with Crippen LogP contribution in [0.5, 0.6) is 0 Å². The first-order valence-electron chi connectivity index (χ1n) is 4.38. The van der Waals surface area contributed by atoms with E-state index in [1.54, 1.807) is 12.1 Å². The van der Waals surface area contributed by atoms with E-state index in [-0.39, 0.29) is 0 Å². The maximum absolute atomic E-state index is 10.3. The van der Waals surface area contributed by atoms with Crippen molar-refractivity contribution < 1.29 is 9.90 Å². The molecule has 70 valence electrons. The first-order valence-corrected chi connectivity index (χ1v) is 4.38. The maximum Gasteiger partial charge on any atom is 0.153 e. The van der Waals surface area contributed by atoms with Crippen LogP contribution in [0.15, 0.2) is 24.3 Å². The summed E-state index contributed by atoms with van der Waals surface area (Å²) in [6.07, 6.45) is -0.453.